The Morgan fingerprint density at radius 1 is 0.656 bits per heavy atom. The molecule has 0 heterocycles. The van der Waals surface area contributed by atoms with Gasteiger partial charge in [-0.3, -0.25) is 4.79 Å². The first-order chi connectivity index (χ1) is 15.3. The predicted molar refractivity (Wildman–Crippen MR) is 128 cm³/mol. The summed E-state index contributed by atoms with van der Waals surface area (Å²) < 4.78 is 0. The van der Waals surface area contributed by atoms with Crippen LogP contribution in [0.5, 0.6) is 0 Å². The summed E-state index contributed by atoms with van der Waals surface area (Å²) in [6.07, 6.45) is 13.1. The summed E-state index contributed by atoms with van der Waals surface area (Å²) in [4.78, 5) is 13.5. The summed E-state index contributed by atoms with van der Waals surface area (Å²) in [7, 11) is 1.54. The maximum Gasteiger partial charge on any atom is 0.222 e. The Morgan fingerprint density at radius 3 is 1.44 bits per heavy atom. The highest BCUT2D eigenvalue weighted by atomic mass is 16.4. The molecular formula is C25H51NO6. The third kappa shape index (κ3) is 16.0. The molecule has 0 aliphatic rings. The average Bonchev–Trinajstić information content (AvgIpc) is 2.79. The van der Waals surface area contributed by atoms with Gasteiger partial charge in [-0.2, -0.15) is 0 Å². The zero-order valence-electron chi connectivity index (χ0n) is 20.6. The summed E-state index contributed by atoms with van der Waals surface area (Å²) in [5.74, 6) is -0.122. The van der Waals surface area contributed by atoms with Crippen LogP contribution in [0.2, 0.25) is 0 Å². The number of likely N-dealkylation sites (N-methyl/N-ethyl adjacent to an activating group) is 1. The van der Waals surface area contributed by atoms with Gasteiger partial charge >= 0.3 is 0 Å². The highest BCUT2D eigenvalue weighted by molar-refractivity contribution is 5.75. The topological polar surface area (TPSA) is 121 Å². The van der Waals surface area contributed by atoms with E-state index in [9.17, 15) is 25.2 Å². The van der Waals surface area contributed by atoms with Gasteiger partial charge in [-0.05, 0) is 6.42 Å². The van der Waals surface area contributed by atoms with Gasteiger partial charge < -0.3 is 30.4 Å². The first-order valence-electron chi connectivity index (χ1n) is 12.9. The molecule has 7 nitrogen and oxygen atoms in total. The van der Waals surface area contributed by atoms with Crippen molar-refractivity contribution >= 4 is 5.91 Å². The van der Waals surface area contributed by atoms with Crippen molar-refractivity contribution in [1.82, 2.24) is 4.90 Å². The molecule has 5 N–H and O–H groups in total. The van der Waals surface area contributed by atoms with Crippen molar-refractivity contribution in [3.05, 3.63) is 0 Å². The number of hydrogen-bond donors (Lipinski definition) is 5. The van der Waals surface area contributed by atoms with Crippen LogP contribution >= 0.6 is 0 Å². The maximum absolute atomic E-state index is 12.2. The summed E-state index contributed by atoms with van der Waals surface area (Å²) >= 11 is 0. The fraction of sp³-hybridized carbons (Fsp3) is 0.960. The van der Waals surface area contributed by atoms with E-state index in [1.54, 1.807) is 7.05 Å². The van der Waals surface area contributed by atoms with Gasteiger partial charge in [0.1, 0.15) is 24.4 Å². The molecule has 0 radical (unpaired) electrons. The molecule has 0 aliphatic heterocycles. The van der Waals surface area contributed by atoms with Crippen LogP contribution in [0.15, 0.2) is 0 Å². The van der Waals surface area contributed by atoms with Crippen LogP contribution in [0, 0.1) is 0 Å². The van der Waals surface area contributed by atoms with Crippen molar-refractivity contribution in [2.75, 3.05) is 20.2 Å². The van der Waals surface area contributed by atoms with E-state index in [0.717, 1.165) is 19.3 Å². The van der Waals surface area contributed by atoms with Crippen LogP contribution in [0.25, 0.3) is 0 Å². The number of aliphatic hydroxyl groups excluding tert-OH is 5. The second-order valence-corrected chi connectivity index (χ2v) is 9.27. The minimum Gasteiger partial charge on any atom is -0.394 e. The second kappa shape index (κ2) is 20.8. The van der Waals surface area contributed by atoms with Gasteiger partial charge in [0.2, 0.25) is 5.91 Å². The zero-order valence-corrected chi connectivity index (χ0v) is 20.6. The van der Waals surface area contributed by atoms with Gasteiger partial charge in [0, 0.05) is 20.0 Å². The van der Waals surface area contributed by atoms with Crippen LogP contribution < -0.4 is 0 Å². The lowest BCUT2D eigenvalue weighted by Gasteiger charge is -2.28. The van der Waals surface area contributed by atoms with E-state index in [2.05, 4.69) is 6.92 Å². The number of nitrogens with zero attached hydrogens (tertiary/aromatic N) is 1. The molecule has 192 valence electrons. The molecule has 0 aromatic rings. The average molecular weight is 462 g/mol. The SMILES string of the molecule is CCCCCCCCCCCCCCCCCC(=O)N(C)CC(O)C(O)C(O)C(O)CO. The minimum absolute atomic E-state index is 0.122. The van der Waals surface area contributed by atoms with E-state index >= 15 is 0 Å². The van der Waals surface area contributed by atoms with Gasteiger partial charge in [0.15, 0.2) is 0 Å². The van der Waals surface area contributed by atoms with Gasteiger partial charge in [-0.25, -0.2) is 0 Å². The Hall–Kier alpha value is -0.730. The summed E-state index contributed by atoms with van der Waals surface area (Å²) in [5.41, 5.74) is 0. The van der Waals surface area contributed by atoms with E-state index in [1.165, 1.54) is 81.9 Å². The van der Waals surface area contributed by atoms with Crippen molar-refractivity contribution in [3.8, 4) is 0 Å². The molecule has 0 rings (SSSR count). The van der Waals surface area contributed by atoms with Crippen LogP contribution in [0.3, 0.4) is 0 Å². The van der Waals surface area contributed by atoms with Crippen LogP contribution in [-0.2, 0) is 4.79 Å². The van der Waals surface area contributed by atoms with Crippen molar-refractivity contribution in [1.29, 1.82) is 0 Å². The normalized spacial score (nSPS) is 15.3. The number of amides is 1. The van der Waals surface area contributed by atoms with Crippen LogP contribution in [-0.4, -0.2) is 81.0 Å². The Bertz CT molecular complexity index is 437. The lowest BCUT2D eigenvalue weighted by molar-refractivity contribution is -0.138. The van der Waals surface area contributed by atoms with Gasteiger partial charge in [0.25, 0.3) is 0 Å². The first kappa shape index (κ1) is 31.3. The molecule has 0 aromatic heterocycles. The highest BCUT2D eigenvalue weighted by Crippen LogP contribution is 2.14. The molecule has 4 atom stereocenters. The van der Waals surface area contributed by atoms with Crippen molar-refractivity contribution in [2.45, 2.75) is 134 Å². The van der Waals surface area contributed by atoms with Crippen LogP contribution in [0.1, 0.15) is 110 Å². The van der Waals surface area contributed by atoms with Gasteiger partial charge in [-0.1, -0.05) is 96.8 Å². The second-order valence-electron chi connectivity index (χ2n) is 9.27. The molecule has 7 heteroatoms. The number of aliphatic hydroxyl groups is 5. The summed E-state index contributed by atoms with van der Waals surface area (Å²) in [6.45, 7) is 1.39. The lowest BCUT2D eigenvalue weighted by atomic mass is 10.0. The highest BCUT2D eigenvalue weighted by Gasteiger charge is 2.31. The molecule has 0 saturated heterocycles. The minimum atomic E-state index is -1.67. The first-order valence-corrected chi connectivity index (χ1v) is 12.9. The van der Waals surface area contributed by atoms with Gasteiger partial charge in [0.05, 0.1) is 6.61 Å². The maximum atomic E-state index is 12.2. The number of carbonyl (C=O) groups excluding carboxylic acids is 1. The Kier molecular flexibility index (Phi) is 20.4. The third-order valence-electron chi connectivity index (χ3n) is 6.21. The fourth-order valence-corrected chi connectivity index (χ4v) is 3.89. The third-order valence-corrected chi connectivity index (χ3v) is 6.21. The molecule has 0 aromatic carbocycles. The number of unbranched alkanes of at least 4 members (excludes halogenated alkanes) is 14. The molecule has 32 heavy (non-hydrogen) atoms. The lowest BCUT2D eigenvalue weighted by Crippen LogP contribution is -2.49. The molecular weight excluding hydrogens is 410 g/mol. The Balaban J connectivity index is 3.62. The van der Waals surface area contributed by atoms with E-state index < -0.39 is 31.0 Å². The van der Waals surface area contributed by atoms with Crippen LogP contribution in [0.4, 0.5) is 0 Å². The van der Waals surface area contributed by atoms with E-state index in [-0.39, 0.29) is 12.5 Å². The molecule has 4 unspecified atom stereocenters. The van der Waals surface area contributed by atoms with E-state index in [0.29, 0.717) is 6.42 Å². The zero-order chi connectivity index (χ0) is 24.2. The predicted octanol–water partition coefficient (Wildman–Crippen LogP) is 3.14. The van der Waals surface area contributed by atoms with E-state index in [4.69, 9.17) is 5.11 Å². The van der Waals surface area contributed by atoms with E-state index in [1.807, 2.05) is 0 Å². The molecule has 0 aliphatic carbocycles. The van der Waals surface area contributed by atoms with Crippen molar-refractivity contribution in [3.63, 3.8) is 0 Å². The largest absolute Gasteiger partial charge is 0.394 e. The molecule has 0 saturated carbocycles. The quantitative estimate of drug-likeness (QED) is 0.158. The Labute approximate surface area is 195 Å². The monoisotopic (exact) mass is 461 g/mol. The fourth-order valence-electron chi connectivity index (χ4n) is 3.89. The number of hydrogen-bond acceptors (Lipinski definition) is 6. The van der Waals surface area contributed by atoms with Gasteiger partial charge in [-0.15, -0.1) is 0 Å². The molecule has 0 bridgehead atoms. The van der Waals surface area contributed by atoms with Crippen molar-refractivity contribution in [2.24, 2.45) is 0 Å². The number of rotatable bonds is 22. The standard InChI is InChI=1S/C25H51NO6/c1-3-4-5-6-7-8-9-10-11-12-13-14-15-16-17-18-23(30)26(2)19-21(28)24(31)25(32)22(29)20-27/h21-22,24-25,27-29,31-32H,3-20H2,1-2H3. The smallest absolute Gasteiger partial charge is 0.222 e. The molecule has 1 amide bonds. The Morgan fingerprint density at radius 2 is 1.03 bits per heavy atom. The molecule has 0 fully saturated rings. The molecule has 0 spiro atoms. The summed E-state index contributed by atoms with van der Waals surface area (Å²) in [5, 5.41) is 47.6. The van der Waals surface area contributed by atoms with Crippen molar-refractivity contribution < 1.29 is 30.3 Å². The number of carbonyl (C=O) groups is 1. The summed E-state index contributed by atoms with van der Waals surface area (Å²) in [6, 6.07) is 0.